The minimum absolute atomic E-state index is 0.0595. The molecule has 0 saturated carbocycles. The molecule has 1 rings (SSSR count). The van der Waals surface area contributed by atoms with Crippen LogP contribution in [-0.2, 0) is 4.79 Å². The van der Waals surface area contributed by atoms with Crippen molar-refractivity contribution in [2.45, 2.75) is 34.1 Å². The number of nitrogens with zero attached hydrogens (tertiary/aromatic N) is 1. The van der Waals surface area contributed by atoms with Gasteiger partial charge in [0.1, 0.15) is 0 Å². The molecule has 0 radical (unpaired) electrons. The third-order valence-electron chi connectivity index (χ3n) is 2.75. The Morgan fingerprint density at radius 1 is 1.54 bits per heavy atom. The maximum absolute atomic E-state index is 11.9. The second-order valence-corrected chi connectivity index (χ2v) is 4.77. The van der Waals surface area contributed by atoms with Crippen molar-refractivity contribution >= 4 is 5.91 Å². The summed E-state index contributed by atoms with van der Waals surface area (Å²) in [6.07, 6.45) is 0.830. The number of hydrogen-bond donors (Lipinski definition) is 0. The van der Waals surface area contributed by atoms with Crippen LogP contribution in [0, 0.1) is 11.3 Å². The number of hydrogen-bond acceptors (Lipinski definition) is 1. The summed E-state index contributed by atoms with van der Waals surface area (Å²) in [4.78, 5) is 13.7. The normalized spacial score (nSPS) is 24.3. The van der Waals surface area contributed by atoms with E-state index in [4.69, 9.17) is 0 Å². The Hall–Kier alpha value is -0.790. The predicted octanol–water partition coefficient (Wildman–Crippen LogP) is 2.41. The van der Waals surface area contributed by atoms with E-state index in [1.807, 2.05) is 6.92 Å². The SMILES string of the molecule is C=C1CC(C(C)(C)C)C(=O)N1CC. The summed E-state index contributed by atoms with van der Waals surface area (Å²) in [5.74, 6) is 0.375. The van der Waals surface area contributed by atoms with E-state index in [0.717, 1.165) is 18.7 Å². The number of carbonyl (C=O) groups is 1. The van der Waals surface area contributed by atoms with Crippen molar-refractivity contribution in [2.75, 3.05) is 6.54 Å². The van der Waals surface area contributed by atoms with Crippen molar-refractivity contribution < 1.29 is 4.79 Å². The van der Waals surface area contributed by atoms with E-state index >= 15 is 0 Å². The average Bonchev–Trinajstić information content (AvgIpc) is 2.25. The van der Waals surface area contributed by atoms with Crippen LogP contribution in [0.5, 0.6) is 0 Å². The summed E-state index contributed by atoms with van der Waals surface area (Å²) < 4.78 is 0. The van der Waals surface area contributed by atoms with Gasteiger partial charge in [-0.2, -0.15) is 0 Å². The zero-order valence-electron chi connectivity index (χ0n) is 9.05. The van der Waals surface area contributed by atoms with Crippen LogP contribution in [0.3, 0.4) is 0 Å². The van der Waals surface area contributed by atoms with Crippen LogP contribution in [0.15, 0.2) is 12.3 Å². The number of carbonyl (C=O) groups excluding carboxylic acids is 1. The van der Waals surface area contributed by atoms with E-state index < -0.39 is 0 Å². The van der Waals surface area contributed by atoms with Crippen LogP contribution in [0.1, 0.15) is 34.1 Å². The molecule has 1 aliphatic heterocycles. The Morgan fingerprint density at radius 2 is 2.08 bits per heavy atom. The smallest absolute Gasteiger partial charge is 0.230 e. The molecular weight excluding hydrogens is 162 g/mol. The minimum atomic E-state index is 0.0595. The Morgan fingerprint density at radius 3 is 2.31 bits per heavy atom. The lowest BCUT2D eigenvalue weighted by molar-refractivity contribution is -0.132. The molecule has 1 saturated heterocycles. The van der Waals surface area contributed by atoms with Gasteiger partial charge in [0.15, 0.2) is 0 Å². The molecule has 2 nitrogen and oxygen atoms in total. The molecule has 0 spiro atoms. The van der Waals surface area contributed by atoms with E-state index in [-0.39, 0.29) is 17.2 Å². The molecule has 0 aliphatic carbocycles. The van der Waals surface area contributed by atoms with E-state index in [0.29, 0.717) is 0 Å². The number of rotatable bonds is 1. The lowest BCUT2D eigenvalue weighted by atomic mass is 9.79. The Kier molecular flexibility index (Phi) is 2.51. The van der Waals surface area contributed by atoms with Gasteiger partial charge in [-0.05, 0) is 18.8 Å². The molecule has 1 atom stereocenters. The molecule has 1 heterocycles. The molecule has 0 aromatic carbocycles. The third kappa shape index (κ3) is 1.77. The predicted molar refractivity (Wildman–Crippen MR) is 54.1 cm³/mol. The van der Waals surface area contributed by atoms with Gasteiger partial charge < -0.3 is 4.90 Å². The van der Waals surface area contributed by atoms with Gasteiger partial charge in [-0.3, -0.25) is 4.79 Å². The van der Waals surface area contributed by atoms with Gasteiger partial charge >= 0.3 is 0 Å². The first-order valence-corrected chi connectivity index (χ1v) is 4.87. The number of allylic oxidation sites excluding steroid dienone is 1. The average molecular weight is 181 g/mol. The molecular formula is C11H19NO. The fraction of sp³-hybridized carbons (Fsp3) is 0.727. The largest absolute Gasteiger partial charge is 0.317 e. The van der Waals surface area contributed by atoms with Crippen LogP contribution < -0.4 is 0 Å². The van der Waals surface area contributed by atoms with E-state index in [9.17, 15) is 4.79 Å². The molecule has 1 amide bonds. The molecule has 0 bridgehead atoms. The van der Waals surface area contributed by atoms with Crippen molar-refractivity contribution in [3.05, 3.63) is 12.3 Å². The van der Waals surface area contributed by atoms with Gasteiger partial charge in [0, 0.05) is 18.2 Å². The zero-order valence-corrected chi connectivity index (χ0v) is 9.05. The maximum Gasteiger partial charge on any atom is 0.230 e. The fourth-order valence-electron chi connectivity index (χ4n) is 1.83. The van der Waals surface area contributed by atoms with Crippen LogP contribution in [0.25, 0.3) is 0 Å². The highest BCUT2D eigenvalue weighted by molar-refractivity contribution is 5.84. The van der Waals surface area contributed by atoms with Gasteiger partial charge in [0.25, 0.3) is 0 Å². The third-order valence-corrected chi connectivity index (χ3v) is 2.75. The summed E-state index contributed by atoms with van der Waals surface area (Å²) >= 11 is 0. The maximum atomic E-state index is 11.9. The molecule has 0 aromatic heterocycles. The first-order valence-electron chi connectivity index (χ1n) is 4.87. The van der Waals surface area contributed by atoms with Crippen molar-refractivity contribution in [3.8, 4) is 0 Å². The Balaban J connectivity index is 2.85. The molecule has 0 N–H and O–H groups in total. The van der Waals surface area contributed by atoms with E-state index in [2.05, 4.69) is 27.4 Å². The highest BCUT2D eigenvalue weighted by Gasteiger charge is 2.40. The topological polar surface area (TPSA) is 20.3 Å². The molecule has 13 heavy (non-hydrogen) atoms. The Bertz CT molecular complexity index is 237. The van der Waals surface area contributed by atoms with Crippen LogP contribution in [0.4, 0.5) is 0 Å². The monoisotopic (exact) mass is 181 g/mol. The van der Waals surface area contributed by atoms with Gasteiger partial charge in [-0.25, -0.2) is 0 Å². The van der Waals surface area contributed by atoms with Gasteiger partial charge in [-0.1, -0.05) is 27.4 Å². The van der Waals surface area contributed by atoms with Gasteiger partial charge in [0.2, 0.25) is 5.91 Å². The first kappa shape index (κ1) is 10.3. The van der Waals surface area contributed by atoms with Crippen molar-refractivity contribution in [1.29, 1.82) is 0 Å². The van der Waals surface area contributed by atoms with E-state index in [1.54, 1.807) is 4.90 Å². The van der Waals surface area contributed by atoms with Crippen molar-refractivity contribution in [3.63, 3.8) is 0 Å². The fourth-order valence-corrected chi connectivity index (χ4v) is 1.83. The first-order chi connectivity index (χ1) is 5.88. The lowest BCUT2D eigenvalue weighted by Crippen LogP contribution is -2.31. The number of likely N-dealkylation sites (tertiary alicyclic amines) is 1. The highest BCUT2D eigenvalue weighted by atomic mass is 16.2. The van der Waals surface area contributed by atoms with Gasteiger partial charge in [-0.15, -0.1) is 0 Å². The summed E-state index contributed by atoms with van der Waals surface area (Å²) in [7, 11) is 0. The highest BCUT2D eigenvalue weighted by Crippen LogP contribution is 2.38. The van der Waals surface area contributed by atoms with Crippen LogP contribution >= 0.6 is 0 Å². The second kappa shape index (κ2) is 3.17. The second-order valence-electron chi connectivity index (χ2n) is 4.77. The standard InChI is InChI=1S/C11H19NO/c1-6-12-8(2)7-9(10(12)13)11(3,4)5/h9H,2,6-7H2,1,3-5H3. The summed E-state index contributed by atoms with van der Waals surface area (Å²) in [5, 5.41) is 0. The van der Waals surface area contributed by atoms with Crippen molar-refractivity contribution in [1.82, 2.24) is 4.90 Å². The summed E-state index contributed by atoms with van der Waals surface area (Å²) in [6.45, 7) is 13.0. The Labute approximate surface area is 80.6 Å². The zero-order chi connectivity index (χ0) is 10.2. The van der Waals surface area contributed by atoms with Crippen molar-refractivity contribution in [2.24, 2.45) is 11.3 Å². The lowest BCUT2D eigenvalue weighted by Gasteiger charge is -2.24. The van der Waals surface area contributed by atoms with Crippen LogP contribution in [0.2, 0.25) is 0 Å². The molecule has 1 aliphatic rings. The molecule has 1 unspecified atom stereocenters. The molecule has 74 valence electrons. The van der Waals surface area contributed by atoms with E-state index in [1.165, 1.54) is 0 Å². The van der Waals surface area contributed by atoms with Gasteiger partial charge in [0.05, 0.1) is 0 Å². The van der Waals surface area contributed by atoms with Crippen LogP contribution in [-0.4, -0.2) is 17.4 Å². The molecule has 1 fully saturated rings. The summed E-state index contributed by atoms with van der Waals surface area (Å²) in [5.41, 5.74) is 1.04. The molecule has 0 aromatic rings. The number of amides is 1. The quantitative estimate of drug-likeness (QED) is 0.608. The minimum Gasteiger partial charge on any atom is -0.317 e. The molecule has 2 heteroatoms. The summed E-state index contributed by atoms with van der Waals surface area (Å²) in [6, 6.07) is 0.